The summed E-state index contributed by atoms with van der Waals surface area (Å²) in [6.45, 7) is 5.60. The van der Waals surface area contributed by atoms with Crippen molar-refractivity contribution in [2.45, 2.75) is 38.9 Å². The minimum absolute atomic E-state index is 0.222. The lowest BCUT2D eigenvalue weighted by Gasteiger charge is -2.23. The highest BCUT2D eigenvalue weighted by Crippen LogP contribution is 2.21. The largest absolute Gasteiger partial charge is 0.383 e. The zero-order valence-corrected chi connectivity index (χ0v) is 15.4. The van der Waals surface area contributed by atoms with Gasteiger partial charge in [0, 0.05) is 32.4 Å². The Morgan fingerprint density at radius 1 is 1.42 bits per heavy atom. The number of pyridine rings is 1. The van der Waals surface area contributed by atoms with Gasteiger partial charge in [-0.25, -0.2) is 0 Å². The smallest absolute Gasteiger partial charge is 0.273 e. The number of hydrogen-bond acceptors (Lipinski definition) is 6. The molecule has 0 unspecified atom stereocenters. The van der Waals surface area contributed by atoms with Gasteiger partial charge in [-0.15, -0.1) is 5.10 Å². The van der Waals surface area contributed by atoms with Crippen LogP contribution in [-0.2, 0) is 17.8 Å². The van der Waals surface area contributed by atoms with Crippen molar-refractivity contribution >= 4 is 5.91 Å². The maximum absolute atomic E-state index is 12.0. The molecular weight excluding hydrogens is 332 g/mol. The molecule has 2 aromatic rings. The normalized spacial score (nSPS) is 17.5. The van der Waals surface area contributed by atoms with Gasteiger partial charge in [0.05, 0.1) is 25.0 Å². The zero-order chi connectivity index (χ0) is 18.4. The highest BCUT2D eigenvalue weighted by Gasteiger charge is 2.26. The van der Waals surface area contributed by atoms with Crippen LogP contribution in [0.2, 0.25) is 0 Å². The lowest BCUT2D eigenvalue weighted by atomic mass is 10.2. The Labute approximate surface area is 153 Å². The molecule has 1 fully saturated rings. The number of nitrogens with one attached hydrogen (secondary N) is 1. The Kier molecular flexibility index (Phi) is 6.30. The molecule has 2 aromatic heterocycles. The van der Waals surface area contributed by atoms with E-state index in [1.165, 1.54) is 5.56 Å². The summed E-state index contributed by atoms with van der Waals surface area (Å²) in [5, 5.41) is 10.9. The van der Waals surface area contributed by atoms with E-state index in [1.54, 1.807) is 18.0 Å². The Bertz CT molecular complexity index is 715. The van der Waals surface area contributed by atoms with Gasteiger partial charge >= 0.3 is 0 Å². The third-order valence-electron chi connectivity index (χ3n) is 4.60. The van der Waals surface area contributed by atoms with Gasteiger partial charge in [0.1, 0.15) is 0 Å². The summed E-state index contributed by atoms with van der Waals surface area (Å²) in [5.41, 5.74) is 2.59. The fourth-order valence-corrected chi connectivity index (χ4v) is 3.17. The molecule has 0 bridgehead atoms. The fraction of sp³-hybridized carbons (Fsp3) is 0.556. The van der Waals surface area contributed by atoms with E-state index in [1.807, 2.05) is 13.1 Å². The second-order valence-corrected chi connectivity index (χ2v) is 6.67. The van der Waals surface area contributed by atoms with Crippen LogP contribution in [0.1, 0.15) is 34.6 Å². The summed E-state index contributed by atoms with van der Waals surface area (Å²) in [5.74, 6) is -0.222. The predicted molar refractivity (Wildman–Crippen MR) is 96.6 cm³/mol. The summed E-state index contributed by atoms with van der Waals surface area (Å²) in [6, 6.07) is 4.56. The molecule has 1 N–H and O–H groups in total. The summed E-state index contributed by atoms with van der Waals surface area (Å²) in [6.07, 6.45) is 5.89. The third kappa shape index (κ3) is 4.86. The van der Waals surface area contributed by atoms with Gasteiger partial charge in [-0.05, 0) is 37.9 Å². The van der Waals surface area contributed by atoms with Gasteiger partial charge in [0.25, 0.3) is 5.91 Å². The van der Waals surface area contributed by atoms with Crippen molar-refractivity contribution in [1.29, 1.82) is 0 Å². The van der Waals surface area contributed by atoms with Crippen molar-refractivity contribution in [3.05, 3.63) is 41.5 Å². The molecule has 0 aromatic carbocycles. The van der Waals surface area contributed by atoms with Crippen molar-refractivity contribution in [3.8, 4) is 0 Å². The van der Waals surface area contributed by atoms with Crippen molar-refractivity contribution in [2.24, 2.45) is 0 Å². The number of likely N-dealkylation sites (tertiary alicyclic amines) is 1. The van der Waals surface area contributed by atoms with Crippen molar-refractivity contribution in [2.75, 3.05) is 26.8 Å². The SMILES string of the molecule is COCCNC(=O)c1cn(C[C@@H]2CCCN2Cc2ccc(C)cn2)nn1. The first-order valence-corrected chi connectivity index (χ1v) is 8.98. The number of rotatable bonds is 8. The lowest BCUT2D eigenvalue weighted by molar-refractivity contribution is 0.0932. The van der Waals surface area contributed by atoms with Crippen LogP contribution in [0.4, 0.5) is 0 Å². The molecule has 3 heterocycles. The molecule has 1 saturated heterocycles. The van der Waals surface area contributed by atoms with Crippen LogP contribution in [0, 0.1) is 6.92 Å². The molecule has 8 nitrogen and oxygen atoms in total. The van der Waals surface area contributed by atoms with E-state index in [4.69, 9.17) is 4.74 Å². The molecule has 140 valence electrons. The van der Waals surface area contributed by atoms with Crippen LogP contribution < -0.4 is 5.32 Å². The summed E-state index contributed by atoms with van der Waals surface area (Å²) < 4.78 is 6.68. The van der Waals surface area contributed by atoms with E-state index < -0.39 is 0 Å². The Morgan fingerprint density at radius 2 is 2.31 bits per heavy atom. The number of nitrogens with zero attached hydrogens (tertiary/aromatic N) is 5. The highest BCUT2D eigenvalue weighted by atomic mass is 16.5. The van der Waals surface area contributed by atoms with Gasteiger partial charge in [-0.3, -0.25) is 19.4 Å². The number of carbonyl (C=O) groups is 1. The average Bonchev–Trinajstić information content (AvgIpc) is 3.27. The molecule has 1 atom stereocenters. The second-order valence-electron chi connectivity index (χ2n) is 6.67. The molecule has 0 aliphatic carbocycles. The summed E-state index contributed by atoms with van der Waals surface area (Å²) in [7, 11) is 1.60. The summed E-state index contributed by atoms with van der Waals surface area (Å²) >= 11 is 0. The number of amides is 1. The fourth-order valence-electron chi connectivity index (χ4n) is 3.17. The standard InChI is InChI=1S/C18H26N6O2/c1-14-5-6-15(20-10-14)11-23-8-3-4-16(23)12-24-13-17(21-22-24)18(25)19-7-9-26-2/h5-6,10,13,16H,3-4,7-9,11-12H2,1-2H3,(H,19,25)/t16-/m0/s1. The van der Waals surface area contributed by atoms with Gasteiger partial charge < -0.3 is 10.1 Å². The number of aromatic nitrogens is 4. The molecule has 26 heavy (non-hydrogen) atoms. The predicted octanol–water partition coefficient (Wildman–Crippen LogP) is 1.02. The molecule has 1 aliphatic heterocycles. The molecule has 1 amide bonds. The molecule has 3 rings (SSSR count). The Hall–Kier alpha value is -2.32. The number of ether oxygens (including phenoxy) is 1. The molecule has 1 aliphatic rings. The van der Waals surface area contributed by atoms with Crippen molar-refractivity contribution < 1.29 is 9.53 Å². The van der Waals surface area contributed by atoms with Crippen molar-refractivity contribution in [1.82, 2.24) is 30.2 Å². The van der Waals surface area contributed by atoms with Gasteiger partial charge in [-0.1, -0.05) is 11.3 Å². The minimum atomic E-state index is -0.222. The summed E-state index contributed by atoms with van der Waals surface area (Å²) in [4.78, 5) is 18.9. The third-order valence-corrected chi connectivity index (χ3v) is 4.60. The van der Waals surface area contributed by atoms with Crippen LogP contribution in [0.25, 0.3) is 0 Å². The second kappa shape index (κ2) is 8.86. The molecule has 0 spiro atoms. The van der Waals surface area contributed by atoms with Crippen molar-refractivity contribution in [3.63, 3.8) is 0 Å². The number of methoxy groups -OCH3 is 1. The van der Waals surface area contributed by atoms with Gasteiger partial charge in [0.2, 0.25) is 0 Å². The highest BCUT2D eigenvalue weighted by molar-refractivity contribution is 5.91. The van der Waals surface area contributed by atoms with Crippen LogP contribution in [0.5, 0.6) is 0 Å². The van der Waals surface area contributed by atoms with Gasteiger partial charge in [-0.2, -0.15) is 0 Å². The van der Waals surface area contributed by atoms with E-state index >= 15 is 0 Å². The first-order valence-electron chi connectivity index (χ1n) is 8.98. The quantitative estimate of drug-likeness (QED) is 0.709. The topological polar surface area (TPSA) is 85.2 Å². The van der Waals surface area contributed by atoms with E-state index in [0.29, 0.717) is 24.9 Å². The van der Waals surface area contributed by atoms with Crippen LogP contribution in [0.15, 0.2) is 24.5 Å². The first-order chi connectivity index (χ1) is 12.7. The van der Waals surface area contributed by atoms with Crippen LogP contribution in [0.3, 0.4) is 0 Å². The number of carbonyl (C=O) groups excluding carboxylic acids is 1. The first kappa shape index (κ1) is 18.5. The number of hydrogen-bond donors (Lipinski definition) is 1. The maximum Gasteiger partial charge on any atom is 0.273 e. The maximum atomic E-state index is 12.0. The van der Waals surface area contributed by atoms with E-state index in [2.05, 4.69) is 37.6 Å². The molecule has 0 saturated carbocycles. The average molecular weight is 358 g/mol. The Morgan fingerprint density at radius 3 is 3.08 bits per heavy atom. The van der Waals surface area contributed by atoms with E-state index in [9.17, 15) is 4.79 Å². The van der Waals surface area contributed by atoms with E-state index in [0.717, 1.165) is 38.2 Å². The number of aryl methyl sites for hydroxylation is 1. The molecule has 8 heteroatoms. The van der Waals surface area contributed by atoms with Crippen LogP contribution >= 0.6 is 0 Å². The van der Waals surface area contributed by atoms with Gasteiger partial charge in [0.15, 0.2) is 5.69 Å². The minimum Gasteiger partial charge on any atom is -0.383 e. The molecular formula is C18H26N6O2. The monoisotopic (exact) mass is 358 g/mol. The zero-order valence-electron chi connectivity index (χ0n) is 15.4. The Balaban J connectivity index is 1.56. The lowest BCUT2D eigenvalue weighted by Crippen LogP contribution is -2.33. The van der Waals surface area contributed by atoms with Crippen LogP contribution in [-0.4, -0.2) is 63.6 Å². The molecule has 0 radical (unpaired) electrons. The van der Waals surface area contributed by atoms with E-state index in [-0.39, 0.29) is 5.91 Å².